The highest BCUT2D eigenvalue weighted by molar-refractivity contribution is 6.17. The SMILES string of the molecule is CN(C)CC1CCN(c2cc(CCl)ccn2)CC1. The molecule has 0 N–H and O–H groups in total. The minimum Gasteiger partial charge on any atom is -0.357 e. The van der Waals surface area contributed by atoms with Gasteiger partial charge in [-0.1, -0.05) is 0 Å². The molecule has 1 aliphatic rings. The number of hydrogen-bond donors (Lipinski definition) is 0. The number of halogens is 1. The van der Waals surface area contributed by atoms with Gasteiger partial charge in [-0.05, 0) is 50.6 Å². The molecule has 1 aromatic rings. The molecule has 1 aliphatic heterocycles. The zero-order chi connectivity index (χ0) is 13.0. The maximum atomic E-state index is 5.87. The molecule has 0 spiro atoms. The molecular formula is C14H22ClN3. The van der Waals surface area contributed by atoms with Gasteiger partial charge in [0.1, 0.15) is 5.82 Å². The van der Waals surface area contributed by atoms with Crippen molar-refractivity contribution in [1.29, 1.82) is 0 Å². The van der Waals surface area contributed by atoms with Crippen molar-refractivity contribution in [2.45, 2.75) is 18.7 Å². The number of rotatable bonds is 4. The number of hydrogen-bond acceptors (Lipinski definition) is 3. The van der Waals surface area contributed by atoms with Gasteiger partial charge in [-0.3, -0.25) is 0 Å². The Morgan fingerprint density at radius 2 is 2.11 bits per heavy atom. The molecule has 0 radical (unpaired) electrons. The summed E-state index contributed by atoms with van der Waals surface area (Å²) in [7, 11) is 4.30. The lowest BCUT2D eigenvalue weighted by Crippen LogP contribution is -2.37. The number of piperidine rings is 1. The van der Waals surface area contributed by atoms with Crippen molar-refractivity contribution in [3.63, 3.8) is 0 Å². The van der Waals surface area contributed by atoms with Gasteiger partial charge in [-0.2, -0.15) is 0 Å². The van der Waals surface area contributed by atoms with Crippen molar-refractivity contribution in [2.24, 2.45) is 5.92 Å². The first-order valence-electron chi connectivity index (χ1n) is 6.59. The minimum atomic E-state index is 0.562. The third-order valence-corrected chi connectivity index (χ3v) is 3.83. The topological polar surface area (TPSA) is 19.4 Å². The van der Waals surface area contributed by atoms with E-state index in [0.29, 0.717) is 5.88 Å². The lowest BCUT2D eigenvalue weighted by molar-refractivity contribution is 0.284. The van der Waals surface area contributed by atoms with Crippen molar-refractivity contribution < 1.29 is 0 Å². The summed E-state index contributed by atoms with van der Waals surface area (Å²) in [6, 6.07) is 4.09. The second-order valence-electron chi connectivity index (χ2n) is 5.35. The second kappa shape index (κ2) is 6.39. The molecule has 0 saturated carbocycles. The average molecular weight is 268 g/mol. The van der Waals surface area contributed by atoms with Crippen molar-refractivity contribution in [3.8, 4) is 0 Å². The molecule has 100 valence electrons. The molecule has 0 amide bonds. The van der Waals surface area contributed by atoms with Crippen LogP contribution in [0.4, 0.5) is 5.82 Å². The Kier molecular flexibility index (Phi) is 4.84. The average Bonchev–Trinajstić information content (AvgIpc) is 2.39. The molecule has 0 atom stereocenters. The van der Waals surface area contributed by atoms with Gasteiger partial charge < -0.3 is 9.80 Å². The molecule has 0 unspecified atom stereocenters. The number of alkyl halides is 1. The largest absolute Gasteiger partial charge is 0.357 e. The fourth-order valence-electron chi connectivity index (χ4n) is 2.58. The van der Waals surface area contributed by atoms with Crippen LogP contribution in [0.5, 0.6) is 0 Å². The zero-order valence-corrected chi connectivity index (χ0v) is 12.0. The quantitative estimate of drug-likeness (QED) is 0.782. The van der Waals surface area contributed by atoms with Gasteiger partial charge in [0.2, 0.25) is 0 Å². The molecule has 3 nitrogen and oxygen atoms in total. The third-order valence-electron chi connectivity index (χ3n) is 3.53. The van der Waals surface area contributed by atoms with Crippen LogP contribution in [0.25, 0.3) is 0 Å². The summed E-state index contributed by atoms with van der Waals surface area (Å²) in [6.07, 6.45) is 4.37. The second-order valence-corrected chi connectivity index (χ2v) is 5.62. The summed E-state index contributed by atoms with van der Waals surface area (Å²) in [4.78, 5) is 9.12. The van der Waals surface area contributed by atoms with Gasteiger partial charge >= 0.3 is 0 Å². The summed E-state index contributed by atoms with van der Waals surface area (Å²) in [5, 5.41) is 0. The van der Waals surface area contributed by atoms with Crippen LogP contribution in [-0.4, -0.2) is 43.6 Å². The first kappa shape index (κ1) is 13.6. The molecule has 0 aliphatic carbocycles. The van der Waals surface area contributed by atoms with Crippen LogP contribution in [0.1, 0.15) is 18.4 Å². The van der Waals surface area contributed by atoms with E-state index in [9.17, 15) is 0 Å². The highest BCUT2D eigenvalue weighted by atomic mass is 35.5. The number of nitrogens with zero attached hydrogens (tertiary/aromatic N) is 3. The van der Waals surface area contributed by atoms with Crippen LogP contribution in [0.15, 0.2) is 18.3 Å². The summed E-state index contributed by atoms with van der Waals surface area (Å²) >= 11 is 5.87. The fraction of sp³-hybridized carbons (Fsp3) is 0.643. The van der Waals surface area contributed by atoms with E-state index in [1.165, 1.54) is 19.4 Å². The first-order valence-corrected chi connectivity index (χ1v) is 7.13. The minimum absolute atomic E-state index is 0.562. The molecule has 2 rings (SSSR count). The van der Waals surface area contributed by atoms with Crippen LogP contribution >= 0.6 is 11.6 Å². The third kappa shape index (κ3) is 3.59. The molecule has 4 heteroatoms. The molecule has 1 fully saturated rings. The van der Waals surface area contributed by atoms with E-state index in [2.05, 4.69) is 34.9 Å². The van der Waals surface area contributed by atoms with Gasteiger partial charge in [0, 0.05) is 31.7 Å². The fourth-order valence-corrected chi connectivity index (χ4v) is 2.74. The monoisotopic (exact) mass is 267 g/mol. The van der Waals surface area contributed by atoms with Gasteiger partial charge in [0.25, 0.3) is 0 Å². The number of aromatic nitrogens is 1. The molecule has 0 bridgehead atoms. The van der Waals surface area contributed by atoms with E-state index in [4.69, 9.17) is 11.6 Å². The van der Waals surface area contributed by atoms with Gasteiger partial charge in [-0.25, -0.2) is 4.98 Å². The Labute approximate surface area is 115 Å². The van der Waals surface area contributed by atoms with Crippen LogP contribution in [0.2, 0.25) is 0 Å². The number of anilines is 1. The summed E-state index contributed by atoms with van der Waals surface area (Å²) in [5.41, 5.74) is 1.15. The van der Waals surface area contributed by atoms with E-state index >= 15 is 0 Å². The van der Waals surface area contributed by atoms with Crippen molar-refractivity contribution >= 4 is 17.4 Å². The lowest BCUT2D eigenvalue weighted by Gasteiger charge is -2.34. The Balaban J connectivity index is 1.92. The Bertz CT molecular complexity index is 373. The standard InChI is InChI=1S/C14H22ClN3/c1-17(2)11-12-4-7-18(8-5-12)14-9-13(10-15)3-6-16-14/h3,6,9,12H,4-5,7-8,10-11H2,1-2H3. The Hall–Kier alpha value is -0.800. The van der Waals surface area contributed by atoms with Crippen LogP contribution in [0, 0.1) is 5.92 Å². The number of pyridine rings is 1. The van der Waals surface area contributed by atoms with Gasteiger partial charge in [0.05, 0.1) is 0 Å². The summed E-state index contributed by atoms with van der Waals surface area (Å²) in [6.45, 7) is 3.41. The van der Waals surface area contributed by atoms with E-state index in [-0.39, 0.29) is 0 Å². The van der Waals surface area contributed by atoms with Gasteiger partial charge in [0.15, 0.2) is 0 Å². The van der Waals surface area contributed by atoms with E-state index < -0.39 is 0 Å². The summed E-state index contributed by atoms with van der Waals surface area (Å²) < 4.78 is 0. The van der Waals surface area contributed by atoms with E-state index in [1.54, 1.807) is 0 Å². The highest BCUT2D eigenvalue weighted by Gasteiger charge is 2.20. The maximum Gasteiger partial charge on any atom is 0.128 e. The van der Waals surface area contributed by atoms with Crippen LogP contribution in [-0.2, 0) is 5.88 Å². The predicted octanol–water partition coefficient (Wildman–Crippen LogP) is 2.60. The van der Waals surface area contributed by atoms with Crippen molar-refractivity contribution in [3.05, 3.63) is 23.9 Å². The molecule has 1 saturated heterocycles. The van der Waals surface area contributed by atoms with Crippen molar-refractivity contribution in [2.75, 3.05) is 38.6 Å². The molecule has 2 heterocycles. The molecule has 1 aromatic heterocycles. The molecule has 0 aromatic carbocycles. The van der Waals surface area contributed by atoms with Gasteiger partial charge in [-0.15, -0.1) is 11.6 Å². The van der Waals surface area contributed by atoms with E-state index in [1.807, 2.05) is 12.3 Å². The normalized spacial score (nSPS) is 17.4. The Morgan fingerprint density at radius 3 is 2.72 bits per heavy atom. The zero-order valence-electron chi connectivity index (χ0n) is 11.3. The van der Waals surface area contributed by atoms with Crippen LogP contribution in [0.3, 0.4) is 0 Å². The summed E-state index contributed by atoms with van der Waals surface area (Å²) in [5.74, 6) is 2.47. The molecule has 18 heavy (non-hydrogen) atoms. The molecular weight excluding hydrogens is 246 g/mol. The lowest BCUT2D eigenvalue weighted by atomic mass is 9.96. The van der Waals surface area contributed by atoms with Crippen LogP contribution < -0.4 is 4.90 Å². The Morgan fingerprint density at radius 1 is 1.39 bits per heavy atom. The van der Waals surface area contributed by atoms with Crippen molar-refractivity contribution in [1.82, 2.24) is 9.88 Å². The first-order chi connectivity index (χ1) is 8.69. The highest BCUT2D eigenvalue weighted by Crippen LogP contribution is 2.23. The smallest absolute Gasteiger partial charge is 0.128 e. The van der Waals surface area contributed by atoms with E-state index in [0.717, 1.165) is 30.4 Å². The predicted molar refractivity (Wildman–Crippen MR) is 77.3 cm³/mol. The maximum absolute atomic E-state index is 5.87.